The van der Waals surface area contributed by atoms with Gasteiger partial charge in [-0.05, 0) is 73.5 Å². The number of hydrogen-bond acceptors (Lipinski definition) is 7. The van der Waals surface area contributed by atoms with E-state index in [2.05, 4.69) is 25.1 Å². The first-order chi connectivity index (χ1) is 20.5. The van der Waals surface area contributed by atoms with Gasteiger partial charge in [0.2, 0.25) is 5.91 Å². The lowest BCUT2D eigenvalue weighted by molar-refractivity contribution is -0.274. The number of halogens is 3. The van der Waals surface area contributed by atoms with Gasteiger partial charge in [0.05, 0.1) is 23.7 Å². The van der Waals surface area contributed by atoms with Crippen LogP contribution in [0.4, 0.5) is 29.3 Å². The number of amidine groups is 1. The number of methoxy groups -OCH3 is 1. The zero-order valence-electron chi connectivity index (χ0n) is 23.2. The van der Waals surface area contributed by atoms with Crippen molar-refractivity contribution in [2.45, 2.75) is 26.8 Å². The standard InChI is InChI=1S/C29H25F3N6O4S/c1-17-4-5-20(14-41-3)24(12-17)38-25(39)15-43-28(38)35-27(40)34-23-11-6-19(13-18(23)2)26-33-16-37(36-26)21-7-9-22(10-8-21)42-29(30,31)32/h4-13,16H,14-15H2,1-3H3,(H,34,40)/b35-28-. The molecular weight excluding hydrogens is 585 g/mol. The normalized spacial score (nSPS) is 14.4. The molecule has 1 fully saturated rings. The van der Waals surface area contributed by atoms with Crippen LogP contribution in [0.1, 0.15) is 16.7 Å². The number of alkyl halides is 3. The lowest BCUT2D eigenvalue weighted by Crippen LogP contribution is -2.31. The van der Waals surface area contributed by atoms with Crippen LogP contribution in [0.3, 0.4) is 0 Å². The predicted molar refractivity (Wildman–Crippen MR) is 157 cm³/mol. The predicted octanol–water partition coefficient (Wildman–Crippen LogP) is 6.26. The number of ether oxygens (including phenoxy) is 2. The molecule has 0 bridgehead atoms. The van der Waals surface area contributed by atoms with E-state index >= 15 is 0 Å². The molecule has 5 rings (SSSR count). The molecule has 0 saturated carbocycles. The minimum atomic E-state index is -4.78. The minimum Gasteiger partial charge on any atom is -0.406 e. The number of amides is 3. The van der Waals surface area contributed by atoms with Gasteiger partial charge in [0, 0.05) is 23.9 Å². The second kappa shape index (κ2) is 12.3. The van der Waals surface area contributed by atoms with E-state index in [4.69, 9.17) is 4.74 Å². The zero-order chi connectivity index (χ0) is 30.7. The minimum absolute atomic E-state index is 0.158. The average molecular weight is 611 g/mol. The molecule has 1 N–H and O–H groups in total. The maximum absolute atomic E-state index is 12.9. The van der Waals surface area contributed by atoms with Crippen molar-refractivity contribution in [1.29, 1.82) is 0 Å². The van der Waals surface area contributed by atoms with Gasteiger partial charge in [-0.15, -0.1) is 18.3 Å². The Bertz CT molecular complexity index is 1710. The summed E-state index contributed by atoms with van der Waals surface area (Å²) in [4.78, 5) is 35.6. The van der Waals surface area contributed by atoms with E-state index < -0.39 is 12.4 Å². The van der Waals surface area contributed by atoms with E-state index in [1.807, 2.05) is 25.1 Å². The van der Waals surface area contributed by atoms with Crippen molar-refractivity contribution in [1.82, 2.24) is 14.8 Å². The van der Waals surface area contributed by atoms with Crippen molar-refractivity contribution in [3.63, 3.8) is 0 Å². The van der Waals surface area contributed by atoms with E-state index in [0.717, 1.165) is 11.1 Å². The second-order valence-corrected chi connectivity index (χ2v) is 10.4. The highest BCUT2D eigenvalue weighted by Crippen LogP contribution is 2.32. The Morgan fingerprint density at radius 2 is 1.86 bits per heavy atom. The Hall–Kier alpha value is -4.69. The fraction of sp³-hybridized carbons (Fsp3) is 0.207. The lowest BCUT2D eigenvalue weighted by Gasteiger charge is -2.20. The summed E-state index contributed by atoms with van der Waals surface area (Å²) in [6.07, 6.45) is -3.34. The molecule has 0 atom stereocenters. The summed E-state index contributed by atoms with van der Waals surface area (Å²) < 4.78 is 47.9. The van der Waals surface area contributed by atoms with Crippen molar-refractivity contribution in [2.75, 3.05) is 23.1 Å². The number of rotatable bonds is 7. The Balaban J connectivity index is 1.30. The SMILES string of the molecule is COCc1ccc(C)cc1N1C(=O)CS/C1=N\C(=O)Nc1ccc(-c2ncn(-c3ccc(OC(F)(F)F)cc3)n2)cc1C. The van der Waals surface area contributed by atoms with E-state index in [0.29, 0.717) is 40.6 Å². The maximum atomic E-state index is 12.9. The van der Waals surface area contributed by atoms with Gasteiger partial charge in [0.25, 0.3) is 0 Å². The molecule has 1 aliphatic rings. The van der Waals surface area contributed by atoms with Crippen LogP contribution >= 0.6 is 11.8 Å². The van der Waals surface area contributed by atoms with Crippen LogP contribution in [0.25, 0.3) is 17.1 Å². The molecule has 43 heavy (non-hydrogen) atoms. The monoisotopic (exact) mass is 610 g/mol. The molecule has 1 aromatic heterocycles. The van der Waals surface area contributed by atoms with Crippen LogP contribution < -0.4 is 15.0 Å². The van der Waals surface area contributed by atoms with E-state index in [1.165, 1.54) is 51.9 Å². The number of benzene rings is 3. The topological polar surface area (TPSA) is 111 Å². The smallest absolute Gasteiger partial charge is 0.406 e. The summed E-state index contributed by atoms with van der Waals surface area (Å²) in [6, 6.07) is 15.5. The number of aromatic nitrogens is 3. The number of carbonyl (C=O) groups excluding carboxylic acids is 2. The quantitative estimate of drug-likeness (QED) is 0.263. The highest BCUT2D eigenvalue weighted by molar-refractivity contribution is 8.15. The molecule has 10 nitrogen and oxygen atoms in total. The van der Waals surface area contributed by atoms with Crippen LogP contribution in [0.2, 0.25) is 0 Å². The zero-order valence-corrected chi connectivity index (χ0v) is 24.0. The van der Waals surface area contributed by atoms with Gasteiger partial charge in [-0.2, -0.15) is 4.99 Å². The number of nitrogens with zero attached hydrogens (tertiary/aromatic N) is 5. The second-order valence-electron chi connectivity index (χ2n) is 9.49. The van der Waals surface area contributed by atoms with Crippen molar-refractivity contribution < 1.29 is 32.2 Å². The Kier molecular flexibility index (Phi) is 8.50. The molecule has 3 aromatic carbocycles. The fourth-order valence-electron chi connectivity index (χ4n) is 4.33. The highest BCUT2D eigenvalue weighted by Gasteiger charge is 2.32. The van der Waals surface area contributed by atoms with Crippen LogP contribution in [0.5, 0.6) is 5.75 Å². The molecule has 0 spiro atoms. The summed E-state index contributed by atoms with van der Waals surface area (Å²) in [5.74, 6) is 0.00783. The number of anilines is 2. The number of hydrogen-bond donors (Lipinski definition) is 1. The van der Waals surface area contributed by atoms with Crippen molar-refractivity contribution in [3.8, 4) is 22.8 Å². The van der Waals surface area contributed by atoms with Gasteiger partial charge < -0.3 is 14.8 Å². The molecular formula is C29H25F3N6O4S. The van der Waals surface area contributed by atoms with Crippen molar-refractivity contribution >= 4 is 40.2 Å². The number of carbonyl (C=O) groups is 2. The third-order valence-electron chi connectivity index (χ3n) is 6.30. The number of aryl methyl sites for hydroxylation is 2. The maximum Gasteiger partial charge on any atom is 0.573 e. The van der Waals surface area contributed by atoms with Gasteiger partial charge in [0.1, 0.15) is 12.1 Å². The number of nitrogens with one attached hydrogen (secondary N) is 1. The van der Waals surface area contributed by atoms with Gasteiger partial charge in [-0.25, -0.2) is 14.5 Å². The Labute approximate surface area is 248 Å². The molecule has 1 saturated heterocycles. The first-order valence-electron chi connectivity index (χ1n) is 12.8. The molecule has 222 valence electrons. The van der Waals surface area contributed by atoms with E-state index in [-0.39, 0.29) is 22.6 Å². The fourth-order valence-corrected chi connectivity index (χ4v) is 5.19. The first-order valence-corrected chi connectivity index (χ1v) is 13.8. The van der Waals surface area contributed by atoms with Gasteiger partial charge in [0.15, 0.2) is 11.0 Å². The molecule has 3 amide bonds. The highest BCUT2D eigenvalue weighted by atomic mass is 32.2. The molecule has 1 aliphatic heterocycles. The van der Waals surface area contributed by atoms with Crippen LogP contribution in [-0.2, 0) is 16.1 Å². The van der Waals surface area contributed by atoms with Gasteiger partial charge in [-0.3, -0.25) is 9.69 Å². The lowest BCUT2D eigenvalue weighted by atomic mass is 10.1. The molecule has 2 heterocycles. The van der Waals surface area contributed by atoms with E-state index in [1.54, 1.807) is 32.2 Å². The summed E-state index contributed by atoms with van der Waals surface area (Å²) in [5, 5.41) is 7.45. The first kappa shape index (κ1) is 29.8. The Morgan fingerprint density at radius 3 is 2.56 bits per heavy atom. The van der Waals surface area contributed by atoms with Crippen LogP contribution in [-0.4, -0.2) is 51.1 Å². The van der Waals surface area contributed by atoms with Crippen LogP contribution in [0.15, 0.2) is 72.0 Å². The summed E-state index contributed by atoms with van der Waals surface area (Å²) in [5.41, 5.74) is 4.75. The number of aliphatic imine (C=N–C) groups is 1. The van der Waals surface area contributed by atoms with Crippen LogP contribution in [0, 0.1) is 13.8 Å². The molecule has 0 unspecified atom stereocenters. The summed E-state index contributed by atoms with van der Waals surface area (Å²) in [7, 11) is 1.57. The average Bonchev–Trinajstić information content (AvgIpc) is 3.58. The molecule has 14 heteroatoms. The van der Waals surface area contributed by atoms with Gasteiger partial charge >= 0.3 is 12.4 Å². The molecule has 0 aliphatic carbocycles. The van der Waals surface area contributed by atoms with Crippen molar-refractivity contribution in [2.24, 2.45) is 4.99 Å². The summed E-state index contributed by atoms with van der Waals surface area (Å²) in [6.45, 7) is 4.01. The summed E-state index contributed by atoms with van der Waals surface area (Å²) >= 11 is 1.18. The van der Waals surface area contributed by atoms with E-state index in [9.17, 15) is 22.8 Å². The third kappa shape index (κ3) is 7.04. The van der Waals surface area contributed by atoms with Gasteiger partial charge in [-0.1, -0.05) is 23.9 Å². The number of urea groups is 1. The molecule has 0 radical (unpaired) electrons. The largest absolute Gasteiger partial charge is 0.573 e. The number of thioether (sulfide) groups is 1. The molecule has 4 aromatic rings. The van der Waals surface area contributed by atoms with Crippen molar-refractivity contribution in [3.05, 3.63) is 83.7 Å². The third-order valence-corrected chi connectivity index (χ3v) is 7.22. The Morgan fingerprint density at radius 1 is 1.09 bits per heavy atom.